The molecule has 0 spiro atoms. The first-order valence-corrected chi connectivity index (χ1v) is 12.9. The van der Waals surface area contributed by atoms with Crippen LogP contribution in [0.15, 0.2) is 29.2 Å². The van der Waals surface area contributed by atoms with Gasteiger partial charge in [-0.2, -0.15) is 4.31 Å². The van der Waals surface area contributed by atoms with E-state index in [-0.39, 0.29) is 4.90 Å². The first kappa shape index (κ1) is 24.3. The van der Waals surface area contributed by atoms with E-state index in [1.165, 1.54) is 62.1 Å². The molecule has 0 aromatic heterocycles. The fourth-order valence-electron chi connectivity index (χ4n) is 4.14. The van der Waals surface area contributed by atoms with E-state index in [2.05, 4.69) is 6.92 Å². The van der Waals surface area contributed by atoms with Crippen LogP contribution in [0.1, 0.15) is 89.5 Å². The van der Waals surface area contributed by atoms with Crippen molar-refractivity contribution in [2.45, 2.75) is 108 Å². The first-order valence-electron chi connectivity index (χ1n) is 11.4. The van der Waals surface area contributed by atoms with Crippen LogP contribution >= 0.6 is 0 Å². The van der Waals surface area contributed by atoms with Gasteiger partial charge < -0.3 is 10.2 Å². The molecule has 1 fully saturated rings. The normalized spacial score (nSPS) is 18.0. The fraction of sp³-hybridized carbons (Fsp3) is 0.739. The van der Waals surface area contributed by atoms with Crippen molar-refractivity contribution in [2.75, 3.05) is 6.54 Å². The van der Waals surface area contributed by atoms with Gasteiger partial charge in [-0.15, -0.1) is 0 Å². The quantitative estimate of drug-likeness (QED) is 0.337. The molecular formula is C23H39NO4S. The number of nitrogens with zero attached hydrogens (tertiary/aromatic N) is 1. The van der Waals surface area contributed by atoms with Crippen molar-refractivity contribution < 1.29 is 18.6 Å². The van der Waals surface area contributed by atoms with E-state index >= 15 is 0 Å². The minimum absolute atomic E-state index is 0.233. The zero-order chi connectivity index (χ0) is 21.1. The third-order valence-electron chi connectivity index (χ3n) is 5.94. The van der Waals surface area contributed by atoms with E-state index < -0.39 is 22.4 Å². The Hall–Kier alpha value is -0.950. The van der Waals surface area contributed by atoms with Crippen LogP contribution < -0.4 is 0 Å². The second-order valence-corrected chi connectivity index (χ2v) is 10.2. The number of rotatable bonds is 14. The summed E-state index contributed by atoms with van der Waals surface area (Å²) in [5.41, 5.74) is 1.16. The first-order chi connectivity index (χ1) is 14.0. The van der Waals surface area contributed by atoms with Crippen LogP contribution in [0, 0.1) is 0 Å². The average molecular weight is 426 g/mol. The van der Waals surface area contributed by atoms with Gasteiger partial charge in [0.2, 0.25) is 10.0 Å². The van der Waals surface area contributed by atoms with Gasteiger partial charge in [-0.25, -0.2) is 8.42 Å². The van der Waals surface area contributed by atoms with Crippen molar-refractivity contribution in [3.8, 4) is 0 Å². The lowest BCUT2D eigenvalue weighted by Gasteiger charge is -2.25. The van der Waals surface area contributed by atoms with E-state index in [0.29, 0.717) is 19.4 Å². The predicted molar refractivity (Wildman–Crippen MR) is 117 cm³/mol. The molecule has 6 heteroatoms. The van der Waals surface area contributed by atoms with E-state index in [1.807, 2.05) is 12.1 Å². The molecule has 1 unspecified atom stereocenters. The van der Waals surface area contributed by atoms with Crippen LogP contribution in [0.4, 0.5) is 0 Å². The Morgan fingerprint density at radius 1 is 0.931 bits per heavy atom. The predicted octanol–water partition coefficient (Wildman–Crippen LogP) is 4.61. The van der Waals surface area contributed by atoms with E-state index in [1.54, 1.807) is 12.1 Å². The smallest absolute Gasteiger partial charge is 0.243 e. The van der Waals surface area contributed by atoms with Gasteiger partial charge in [0.1, 0.15) is 0 Å². The van der Waals surface area contributed by atoms with Gasteiger partial charge in [-0.05, 0) is 43.4 Å². The Balaban J connectivity index is 1.71. The van der Waals surface area contributed by atoms with Crippen LogP contribution in [-0.2, 0) is 16.4 Å². The maximum absolute atomic E-state index is 12.8. The zero-order valence-corrected chi connectivity index (χ0v) is 18.7. The van der Waals surface area contributed by atoms with Crippen molar-refractivity contribution in [1.29, 1.82) is 0 Å². The second-order valence-electron chi connectivity index (χ2n) is 8.31. The molecule has 2 rings (SSSR count). The maximum atomic E-state index is 12.8. The number of benzene rings is 1. The number of sulfonamides is 1. The molecule has 1 aliphatic rings. The molecule has 29 heavy (non-hydrogen) atoms. The van der Waals surface area contributed by atoms with E-state index in [9.17, 15) is 18.6 Å². The van der Waals surface area contributed by atoms with Gasteiger partial charge in [0.25, 0.3) is 0 Å². The lowest BCUT2D eigenvalue weighted by atomic mass is 10.0. The molecule has 1 heterocycles. The van der Waals surface area contributed by atoms with Crippen LogP contribution in [0.2, 0.25) is 0 Å². The number of unbranched alkanes of at least 4 members (excludes halogenated alkanes) is 9. The highest BCUT2D eigenvalue weighted by molar-refractivity contribution is 7.89. The summed E-state index contributed by atoms with van der Waals surface area (Å²) in [5.74, 6) is 0. The van der Waals surface area contributed by atoms with E-state index in [4.69, 9.17) is 0 Å². The Morgan fingerprint density at radius 3 is 2.03 bits per heavy atom. The number of aryl methyl sites for hydroxylation is 1. The lowest BCUT2D eigenvalue weighted by Crippen LogP contribution is -2.42. The number of aliphatic hydroxyl groups excluding tert-OH is 1. The largest absolute Gasteiger partial charge is 0.367 e. The molecular weight excluding hydrogens is 386 g/mol. The molecule has 0 radical (unpaired) electrons. The minimum atomic E-state index is -3.68. The van der Waals surface area contributed by atoms with Crippen molar-refractivity contribution >= 4 is 10.0 Å². The minimum Gasteiger partial charge on any atom is -0.367 e. The lowest BCUT2D eigenvalue weighted by molar-refractivity contribution is -0.0768. The third kappa shape index (κ3) is 7.67. The summed E-state index contributed by atoms with van der Waals surface area (Å²) in [6.07, 6.45) is 13.5. The number of hydrogen-bond donors (Lipinski definition) is 2. The highest BCUT2D eigenvalue weighted by atomic mass is 32.2. The monoisotopic (exact) mass is 425 g/mol. The molecule has 1 saturated heterocycles. The molecule has 1 atom stereocenters. The number of hydrogen-bond acceptors (Lipinski definition) is 4. The van der Waals surface area contributed by atoms with Crippen molar-refractivity contribution in [1.82, 2.24) is 4.31 Å². The molecule has 1 aliphatic heterocycles. The zero-order valence-electron chi connectivity index (χ0n) is 17.9. The van der Waals surface area contributed by atoms with Gasteiger partial charge in [-0.1, -0.05) is 76.8 Å². The second kappa shape index (κ2) is 12.7. The topological polar surface area (TPSA) is 77.8 Å². The molecule has 2 N–H and O–H groups in total. The Bertz CT molecular complexity index is 673. The van der Waals surface area contributed by atoms with Crippen LogP contribution in [0.25, 0.3) is 0 Å². The highest BCUT2D eigenvalue weighted by Gasteiger charge is 2.38. The van der Waals surface area contributed by atoms with Crippen LogP contribution in [-0.4, -0.2) is 41.8 Å². The molecule has 5 nitrogen and oxygen atoms in total. The highest BCUT2D eigenvalue weighted by Crippen LogP contribution is 2.27. The molecule has 1 aromatic carbocycles. The summed E-state index contributed by atoms with van der Waals surface area (Å²) in [5, 5.41) is 18.9. The van der Waals surface area contributed by atoms with Gasteiger partial charge >= 0.3 is 0 Å². The Morgan fingerprint density at radius 2 is 1.48 bits per heavy atom. The maximum Gasteiger partial charge on any atom is 0.243 e. The van der Waals surface area contributed by atoms with Gasteiger partial charge in [0.05, 0.1) is 10.9 Å². The fourth-order valence-corrected chi connectivity index (χ4v) is 5.83. The molecule has 0 aliphatic carbocycles. The summed E-state index contributed by atoms with van der Waals surface area (Å²) < 4.78 is 26.8. The van der Waals surface area contributed by atoms with Gasteiger partial charge in [-0.3, -0.25) is 0 Å². The Kier molecular flexibility index (Phi) is 10.6. The van der Waals surface area contributed by atoms with Crippen LogP contribution in [0.3, 0.4) is 0 Å². The van der Waals surface area contributed by atoms with Crippen molar-refractivity contribution in [2.24, 2.45) is 0 Å². The summed E-state index contributed by atoms with van der Waals surface area (Å²) in [4.78, 5) is 0.233. The van der Waals surface area contributed by atoms with Gasteiger partial charge in [0, 0.05) is 6.54 Å². The average Bonchev–Trinajstić information content (AvgIpc) is 3.21. The Labute approximate surface area is 177 Å². The summed E-state index contributed by atoms with van der Waals surface area (Å²) >= 11 is 0. The third-order valence-corrected chi connectivity index (χ3v) is 7.88. The molecule has 0 saturated carbocycles. The molecule has 1 aromatic rings. The standard InChI is InChI=1S/C23H39NO4S/c1-2-3-4-5-6-7-8-9-10-11-13-20-15-17-21(18-16-20)29(27,28)24-19-12-14-22(24)23(25)26/h15-18,22-23,25-26H,2-14,19H2,1H3. The van der Waals surface area contributed by atoms with Crippen molar-refractivity contribution in [3.05, 3.63) is 29.8 Å². The van der Waals surface area contributed by atoms with E-state index in [0.717, 1.165) is 18.4 Å². The SMILES string of the molecule is CCCCCCCCCCCCc1ccc(S(=O)(=O)N2CCCC2C(O)O)cc1. The number of aliphatic hydroxyl groups is 2. The molecule has 166 valence electrons. The summed E-state index contributed by atoms with van der Waals surface area (Å²) in [6, 6.07) is 6.34. The van der Waals surface area contributed by atoms with Crippen LogP contribution in [0.5, 0.6) is 0 Å². The van der Waals surface area contributed by atoms with Gasteiger partial charge in [0.15, 0.2) is 6.29 Å². The molecule has 0 bridgehead atoms. The van der Waals surface area contributed by atoms with Crippen molar-refractivity contribution in [3.63, 3.8) is 0 Å². The summed E-state index contributed by atoms with van der Waals surface area (Å²) in [7, 11) is -3.68. The summed E-state index contributed by atoms with van der Waals surface area (Å²) in [6.45, 7) is 2.59. The molecule has 0 amide bonds.